The predicted molar refractivity (Wildman–Crippen MR) is 128 cm³/mol. The van der Waals surface area contributed by atoms with Crippen LogP contribution >= 0.6 is 35.5 Å². The van der Waals surface area contributed by atoms with Crippen LogP contribution in [-0.2, 0) is 16.3 Å². The van der Waals surface area contributed by atoms with Crippen LogP contribution in [0.5, 0.6) is 0 Å². The topological polar surface area (TPSA) is 90.8 Å². The summed E-state index contributed by atoms with van der Waals surface area (Å²) in [5.74, 6) is 1.75. The van der Waals surface area contributed by atoms with Gasteiger partial charge in [0.15, 0.2) is 15.8 Å². The number of hydrogen-bond donors (Lipinski definition) is 1. The van der Waals surface area contributed by atoms with Gasteiger partial charge >= 0.3 is 0 Å². The Hall–Kier alpha value is -0.690. The summed E-state index contributed by atoms with van der Waals surface area (Å²) in [4.78, 5) is 13.6. The Kier molecular flexibility index (Phi) is 9.87. The zero-order chi connectivity index (χ0) is 20.1. The number of rotatable bonds is 6. The molecule has 1 aliphatic heterocycles. The van der Waals surface area contributed by atoms with Crippen molar-refractivity contribution >= 4 is 56.4 Å². The van der Waals surface area contributed by atoms with E-state index in [4.69, 9.17) is 0 Å². The number of aryl methyl sites for hydroxylation is 1. The molecule has 0 unspecified atom stereocenters. The summed E-state index contributed by atoms with van der Waals surface area (Å²) in [6, 6.07) is 0. The molecule has 162 valence electrons. The van der Waals surface area contributed by atoms with E-state index < -0.39 is 14.6 Å². The van der Waals surface area contributed by atoms with E-state index in [2.05, 4.69) is 36.4 Å². The molecule has 0 aliphatic carbocycles. The summed E-state index contributed by atoms with van der Waals surface area (Å²) >= 11 is 1.45. The second kappa shape index (κ2) is 10.9. The van der Waals surface area contributed by atoms with Gasteiger partial charge in [0.25, 0.3) is 0 Å². The Bertz CT molecular complexity index is 737. The third kappa shape index (κ3) is 6.68. The quantitative estimate of drug-likeness (QED) is 0.333. The number of hydrogen-bond acceptors (Lipinski definition) is 7. The Labute approximate surface area is 190 Å². The zero-order valence-electron chi connectivity index (χ0n) is 17.4. The molecule has 2 rings (SSSR count). The molecule has 0 spiro atoms. The lowest BCUT2D eigenvalue weighted by atomic mass is 10.3. The van der Waals surface area contributed by atoms with E-state index in [9.17, 15) is 8.42 Å². The minimum Gasteiger partial charge on any atom is -0.357 e. The van der Waals surface area contributed by atoms with Gasteiger partial charge in [-0.25, -0.2) is 13.4 Å². The van der Waals surface area contributed by atoms with Crippen LogP contribution in [-0.4, -0.2) is 78.4 Å². The summed E-state index contributed by atoms with van der Waals surface area (Å²) in [5.41, 5.74) is 0. The molecule has 1 N–H and O–H groups in total. The maximum Gasteiger partial charge on any atom is 0.205 e. The molecule has 1 aliphatic rings. The molecule has 1 fully saturated rings. The number of piperazine rings is 1. The minimum atomic E-state index is -3.16. The normalized spacial score (nSPS) is 16.1. The van der Waals surface area contributed by atoms with Gasteiger partial charge in [-0.15, -0.1) is 24.0 Å². The highest BCUT2D eigenvalue weighted by Gasteiger charge is 2.28. The van der Waals surface area contributed by atoms with Gasteiger partial charge in [0, 0.05) is 50.7 Å². The van der Waals surface area contributed by atoms with E-state index in [1.807, 2.05) is 6.92 Å². The number of guanidine groups is 1. The fourth-order valence-electron chi connectivity index (χ4n) is 2.63. The molecule has 0 saturated carbocycles. The first-order valence-electron chi connectivity index (χ1n) is 9.51. The SMILES string of the molecule is CCNC(=NCCS(=O)(=O)C(C)(C)C)N1CCN(c2nc(CC)ns2)CC1.I. The number of sulfone groups is 1. The second-order valence-corrected chi connectivity index (χ2v) is 11.1. The lowest BCUT2D eigenvalue weighted by Gasteiger charge is -2.36. The zero-order valence-corrected chi connectivity index (χ0v) is 21.4. The van der Waals surface area contributed by atoms with Crippen molar-refractivity contribution in [3.8, 4) is 0 Å². The number of anilines is 1. The molecule has 2 heterocycles. The third-order valence-electron chi connectivity index (χ3n) is 4.51. The lowest BCUT2D eigenvalue weighted by Crippen LogP contribution is -2.52. The molecule has 1 saturated heterocycles. The Morgan fingerprint density at radius 2 is 1.86 bits per heavy atom. The molecule has 28 heavy (non-hydrogen) atoms. The van der Waals surface area contributed by atoms with Crippen molar-refractivity contribution in [2.75, 3.05) is 49.9 Å². The fraction of sp³-hybridized carbons (Fsp3) is 0.824. The van der Waals surface area contributed by atoms with Gasteiger partial charge in [0.05, 0.1) is 17.0 Å². The Morgan fingerprint density at radius 3 is 2.36 bits per heavy atom. The molecule has 0 aromatic carbocycles. The summed E-state index contributed by atoms with van der Waals surface area (Å²) in [6.45, 7) is 13.6. The number of nitrogens with zero attached hydrogens (tertiary/aromatic N) is 5. The van der Waals surface area contributed by atoms with Gasteiger partial charge in [-0.05, 0) is 27.7 Å². The monoisotopic (exact) mass is 544 g/mol. The summed E-state index contributed by atoms with van der Waals surface area (Å²) in [5, 5.41) is 4.26. The molecular weight excluding hydrogens is 511 g/mol. The van der Waals surface area contributed by atoms with Crippen molar-refractivity contribution in [2.45, 2.75) is 45.8 Å². The highest BCUT2D eigenvalue weighted by atomic mass is 127. The number of aliphatic imine (C=N–C) groups is 1. The van der Waals surface area contributed by atoms with Crippen molar-refractivity contribution in [2.24, 2.45) is 4.99 Å². The van der Waals surface area contributed by atoms with E-state index in [1.165, 1.54) is 11.5 Å². The van der Waals surface area contributed by atoms with Crippen LogP contribution in [0.25, 0.3) is 0 Å². The van der Waals surface area contributed by atoms with Crippen molar-refractivity contribution in [3.05, 3.63) is 5.82 Å². The first-order valence-corrected chi connectivity index (χ1v) is 11.9. The largest absolute Gasteiger partial charge is 0.357 e. The standard InChI is InChI=1S/C17H32N6O2S2.HI/c1-6-14-20-16(26-21-14)23-11-9-22(10-12-23)15(18-7-2)19-8-13-27(24,25)17(3,4)5;/h6-13H2,1-5H3,(H,18,19);1H. The van der Waals surface area contributed by atoms with Crippen molar-refractivity contribution in [1.82, 2.24) is 19.6 Å². The average molecular weight is 545 g/mol. The molecule has 1 aromatic heterocycles. The van der Waals surface area contributed by atoms with Crippen LogP contribution in [0.15, 0.2) is 4.99 Å². The number of halogens is 1. The van der Waals surface area contributed by atoms with Crippen LogP contribution in [0.3, 0.4) is 0 Å². The molecule has 11 heteroatoms. The third-order valence-corrected chi connectivity index (χ3v) is 7.91. The molecule has 0 radical (unpaired) electrons. The van der Waals surface area contributed by atoms with Gasteiger partial charge < -0.3 is 15.1 Å². The van der Waals surface area contributed by atoms with E-state index in [-0.39, 0.29) is 36.3 Å². The molecular formula is C17H33IN6O2S2. The first-order chi connectivity index (χ1) is 12.7. The van der Waals surface area contributed by atoms with Crippen LogP contribution < -0.4 is 10.2 Å². The molecule has 0 atom stereocenters. The molecule has 0 amide bonds. The van der Waals surface area contributed by atoms with Gasteiger partial charge in [0.2, 0.25) is 5.13 Å². The Balaban J connectivity index is 0.00000392. The number of aromatic nitrogens is 2. The molecule has 1 aromatic rings. The smallest absolute Gasteiger partial charge is 0.205 e. The number of nitrogens with one attached hydrogen (secondary N) is 1. The van der Waals surface area contributed by atoms with Gasteiger partial charge in [-0.3, -0.25) is 4.99 Å². The van der Waals surface area contributed by atoms with Crippen LogP contribution in [0.2, 0.25) is 0 Å². The summed E-state index contributed by atoms with van der Waals surface area (Å²) in [7, 11) is -3.16. The summed E-state index contributed by atoms with van der Waals surface area (Å²) < 4.78 is 28.2. The van der Waals surface area contributed by atoms with Crippen molar-refractivity contribution < 1.29 is 8.42 Å². The fourth-order valence-corrected chi connectivity index (χ4v) is 4.38. The van der Waals surface area contributed by atoms with E-state index in [0.29, 0.717) is 0 Å². The predicted octanol–water partition coefficient (Wildman–Crippen LogP) is 2.02. The highest BCUT2D eigenvalue weighted by Crippen LogP contribution is 2.19. The maximum atomic E-state index is 12.3. The summed E-state index contributed by atoms with van der Waals surface area (Å²) in [6.07, 6.45) is 0.852. The average Bonchev–Trinajstić information content (AvgIpc) is 3.09. The lowest BCUT2D eigenvalue weighted by molar-refractivity contribution is 0.372. The van der Waals surface area contributed by atoms with Gasteiger partial charge in [0.1, 0.15) is 5.82 Å². The Morgan fingerprint density at radius 1 is 1.21 bits per heavy atom. The van der Waals surface area contributed by atoms with Crippen molar-refractivity contribution in [1.29, 1.82) is 0 Å². The second-order valence-electron chi connectivity index (χ2n) is 7.49. The minimum absolute atomic E-state index is 0. The molecule has 8 nitrogen and oxygen atoms in total. The maximum absolute atomic E-state index is 12.3. The van der Waals surface area contributed by atoms with Crippen LogP contribution in [0.4, 0.5) is 5.13 Å². The molecule has 0 bridgehead atoms. The highest BCUT2D eigenvalue weighted by molar-refractivity contribution is 14.0. The van der Waals surface area contributed by atoms with E-state index in [1.54, 1.807) is 20.8 Å². The first kappa shape index (κ1) is 25.3. The van der Waals surface area contributed by atoms with Crippen molar-refractivity contribution in [3.63, 3.8) is 0 Å². The van der Waals surface area contributed by atoms with Crippen LogP contribution in [0.1, 0.15) is 40.4 Å². The van der Waals surface area contributed by atoms with Gasteiger partial charge in [-0.1, -0.05) is 6.92 Å². The van der Waals surface area contributed by atoms with E-state index in [0.717, 1.165) is 56.1 Å². The van der Waals surface area contributed by atoms with Gasteiger partial charge in [-0.2, -0.15) is 4.37 Å². The van der Waals surface area contributed by atoms with E-state index >= 15 is 0 Å². The van der Waals surface area contributed by atoms with Crippen LogP contribution in [0, 0.1) is 0 Å².